The smallest absolute Gasteiger partial charge is 0.337 e. The van der Waals surface area contributed by atoms with Gasteiger partial charge >= 0.3 is 5.97 Å². The molecular formula is C11H8ClN3O4S. The van der Waals surface area contributed by atoms with Crippen molar-refractivity contribution in [2.45, 2.75) is 5.03 Å². The Morgan fingerprint density at radius 2 is 2.00 bits per heavy atom. The molecule has 9 heteroatoms. The summed E-state index contributed by atoms with van der Waals surface area (Å²) in [5.41, 5.74) is 0.130. The van der Waals surface area contributed by atoms with Crippen molar-refractivity contribution in [3.63, 3.8) is 0 Å². The molecule has 0 aliphatic heterocycles. The fraction of sp³-hybridized carbons (Fsp3) is 0. The number of hydrogen-bond acceptors (Lipinski definition) is 5. The van der Waals surface area contributed by atoms with Gasteiger partial charge in [0.05, 0.1) is 11.3 Å². The number of nitrogens with zero attached hydrogens (tertiary/aromatic N) is 2. The average molecular weight is 314 g/mol. The Kier molecular flexibility index (Phi) is 3.86. The van der Waals surface area contributed by atoms with Gasteiger partial charge in [-0.25, -0.2) is 14.8 Å². The highest BCUT2D eigenvalue weighted by Crippen LogP contribution is 2.16. The normalized spacial score (nSPS) is 11.1. The van der Waals surface area contributed by atoms with E-state index in [2.05, 4.69) is 14.7 Å². The summed E-state index contributed by atoms with van der Waals surface area (Å²) in [6.45, 7) is 0. The van der Waals surface area contributed by atoms with Gasteiger partial charge in [-0.1, -0.05) is 11.6 Å². The van der Waals surface area contributed by atoms with Gasteiger partial charge in [-0.3, -0.25) is 4.72 Å². The van der Waals surface area contributed by atoms with Crippen molar-refractivity contribution in [1.82, 2.24) is 9.97 Å². The van der Waals surface area contributed by atoms with Crippen molar-refractivity contribution < 1.29 is 18.3 Å². The van der Waals surface area contributed by atoms with E-state index in [1.54, 1.807) is 0 Å². The van der Waals surface area contributed by atoms with Gasteiger partial charge in [0.1, 0.15) is 5.15 Å². The Hall–Kier alpha value is -2.19. The van der Waals surface area contributed by atoms with Gasteiger partial charge in [-0.15, -0.1) is 0 Å². The van der Waals surface area contributed by atoms with Crippen LogP contribution in [-0.2, 0) is 10.0 Å². The molecule has 0 spiro atoms. The summed E-state index contributed by atoms with van der Waals surface area (Å²) < 4.78 is 26.3. The number of carbonyl (C=O) groups is 1. The average Bonchev–Trinajstić information content (AvgIpc) is 2.38. The summed E-state index contributed by atoms with van der Waals surface area (Å²) in [5.74, 6) is -1.18. The number of hydrogen-bond donors (Lipinski definition) is 2. The van der Waals surface area contributed by atoms with Crippen molar-refractivity contribution in [1.29, 1.82) is 0 Å². The molecule has 2 aromatic heterocycles. The first-order valence-corrected chi connectivity index (χ1v) is 7.08. The SMILES string of the molecule is O=C(O)c1ccc(S(=O)(=O)Nc2ccnc(Cl)c2)nc1. The topological polar surface area (TPSA) is 109 Å². The van der Waals surface area contributed by atoms with E-state index in [1.807, 2.05) is 0 Å². The van der Waals surface area contributed by atoms with E-state index in [9.17, 15) is 13.2 Å². The number of aromatic carboxylic acids is 1. The number of rotatable bonds is 4. The van der Waals surface area contributed by atoms with Crippen LogP contribution < -0.4 is 4.72 Å². The number of carboxylic acids is 1. The molecule has 0 atom stereocenters. The standard InChI is InChI=1S/C11H8ClN3O4S/c12-9-5-8(3-4-13-9)15-20(18,19)10-2-1-7(6-14-10)11(16)17/h1-6H,(H,13,15)(H,16,17). The zero-order chi connectivity index (χ0) is 14.8. The number of carboxylic acid groups (broad SMARTS) is 1. The summed E-state index contributed by atoms with van der Waals surface area (Å²) >= 11 is 5.65. The molecule has 2 aromatic rings. The lowest BCUT2D eigenvalue weighted by Gasteiger charge is -2.07. The number of aromatic nitrogens is 2. The molecule has 20 heavy (non-hydrogen) atoms. The van der Waals surface area contributed by atoms with Crippen LogP contribution >= 0.6 is 11.6 Å². The lowest BCUT2D eigenvalue weighted by atomic mass is 10.3. The van der Waals surface area contributed by atoms with Crippen molar-refractivity contribution in [3.05, 3.63) is 47.4 Å². The predicted octanol–water partition coefficient (Wildman–Crippen LogP) is 1.63. The second-order valence-electron chi connectivity index (χ2n) is 3.66. The first-order chi connectivity index (χ1) is 9.38. The van der Waals surface area contributed by atoms with E-state index in [0.29, 0.717) is 0 Å². The van der Waals surface area contributed by atoms with Gasteiger partial charge in [0.25, 0.3) is 10.0 Å². The second-order valence-corrected chi connectivity index (χ2v) is 5.68. The van der Waals surface area contributed by atoms with E-state index in [4.69, 9.17) is 16.7 Å². The summed E-state index contributed by atoms with van der Waals surface area (Å²) in [6.07, 6.45) is 2.32. The maximum atomic E-state index is 12.0. The summed E-state index contributed by atoms with van der Waals surface area (Å²) in [6, 6.07) is 5.03. The molecule has 0 aromatic carbocycles. The fourth-order valence-corrected chi connectivity index (χ4v) is 2.49. The third-order valence-electron chi connectivity index (χ3n) is 2.24. The van der Waals surface area contributed by atoms with Crippen molar-refractivity contribution >= 4 is 33.3 Å². The minimum atomic E-state index is -3.91. The van der Waals surface area contributed by atoms with Gasteiger partial charge in [0.2, 0.25) is 0 Å². The van der Waals surface area contributed by atoms with Crippen molar-refractivity contribution in [3.8, 4) is 0 Å². The van der Waals surface area contributed by atoms with Crippen molar-refractivity contribution in [2.24, 2.45) is 0 Å². The third kappa shape index (κ3) is 3.22. The number of anilines is 1. The van der Waals surface area contributed by atoms with Gasteiger partial charge in [-0.05, 0) is 24.3 Å². The third-order valence-corrected chi connectivity index (χ3v) is 3.74. The molecule has 0 aliphatic rings. The quantitative estimate of drug-likeness (QED) is 0.830. The molecule has 104 valence electrons. The number of halogens is 1. The Morgan fingerprint density at radius 3 is 2.55 bits per heavy atom. The minimum Gasteiger partial charge on any atom is -0.478 e. The molecule has 7 nitrogen and oxygen atoms in total. The van der Waals surface area contributed by atoms with Crippen LogP contribution in [0.25, 0.3) is 0 Å². The van der Waals surface area contributed by atoms with Gasteiger partial charge in [0, 0.05) is 12.4 Å². The van der Waals surface area contributed by atoms with Crippen LogP contribution in [0, 0.1) is 0 Å². The zero-order valence-electron chi connectivity index (χ0n) is 9.82. The maximum Gasteiger partial charge on any atom is 0.337 e. The second kappa shape index (κ2) is 5.43. The summed E-state index contributed by atoms with van der Waals surface area (Å²) in [7, 11) is -3.91. The molecule has 2 heterocycles. The zero-order valence-corrected chi connectivity index (χ0v) is 11.4. The Balaban J connectivity index is 2.28. The first-order valence-electron chi connectivity index (χ1n) is 5.22. The van der Waals surface area contributed by atoms with Crippen LogP contribution in [0.4, 0.5) is 5.69 Å². The van der Waals surface area contributed by atoms with Crippen LogP contribution in [-0.4, -0.2) is 29.5 Å². The molecule has 0 amide bonds. The maximum absolute atomic E-state index is 12.0. The van der Waals surface area contributed by atoms with Crippen LogP contribution in [0.5, 0.6) is 0 Å². The van der Waals surface area contributed by atoms with Crippen LogP contribution in [0.1, 0.15) is 10.4 Å². The molecule has 0 unspecified atom stereocenters. The first kappa shape index (κ1) is 14.2. The largest absolute Gasteiger partial charge is 0.478 e. The van der Waals surface area contributed by atoms with Crippen LogP contribution in [0.2, 0.25) is 5.15 Å². The van der Waals surface area contributed by atoms with E-state index >= 15 is 0 Å². The highest BCUT2D eigenvalue weighted by molar-refractivity contribution is 7.92. The minimum absolute atomic E-state index is 0.101. The summed E-state index contributed by atoms with van der Waals surface area (Å²) in [4.78, 5) is 18.0. The van der Waals surface area contributed by atoms with Crippen LogP contribution in [0.3, 0.4) is 0 Å². The predicted molar refractivity (Wildman–Crippen MR) is 71.3 cm³/mol. The molecule has 0 saturated heterocycles. The Morgan fingerprint density at radius 1 is 1.25 bits per heavy atom. The molecular weight excluding hydrogens is 306 g/mol. The van der Waals surface area contributed by atoms with Crippen molar-refractivity contribution in [2.75, 3.05) is 4.72 Å². The van der Waals surface area contributed by atoms with Gasteiger partial charge in [-0.2, -0.15) is 8.42 Å². The molecule has 0 fully saturated rings. The van der Waals surface area contributed by atoms with E-state index in [1.165, 1.54) is 18.3 Å². The molecule has 0 aliphatic carbocycles. The molecule has 0 bridgehead atoms. The number of sulfonamides is 1. The molecule has 2 N–H and O–H groups in total. The highest BCUT2D eigenvalue weighted by atomic mass is 35.5. The van der Waals surface area contributed by atoms with E-state index in [-0.39, 0.29) is 21.4 Å². The fourth-order valence-electron chi connectivity index (χ4n) is 1.34. The Bertz CT molecular complexity index is 747. The lowest BCUT2D eigenvalue weighted by molar-refractivity contribution is 0.0696. The van der Waals surface area contributed by atoms with E-state index in [0.717, 1.165) is 18.3 Å². The van der Waals surface area contributed by atoms with Gasteiger partial charge in [0.15, 0.2) is 5.03 Å². The highest BCUT2D eigenvalue weighted by Gasteiger charge is 2.16. The summed E-state index contributed by atoms with van der Waals surface area (Å²) in [5, 5.41) is 8.56. The van der Waals surface area contributed by atoms with Gasteiger partial charge < -0.3 is 5.11 Å². The van der Waals surface area contributed by atoms with E-state index < -0.39 is 16.0 Å². The molecule has 0 radical (unpaired) electrons. The number of nitrogens with one attached hydrogen (secondary N) is 1. The number of pyridine rings is 2. The molecule has 0 saturated carbocycles. The monoisotopic (exact) mass is 313 g/mol. The molecule has 2 rings (SSSR count). The Labute approximate surface area is 119 Å². The lowest BCUT2D eigenvalue weighted by Crippen LogP contribution is -2.15. The van der Waals surface area contributed by atoms with Crippen LogP contribution in [0.15, 0.2) is 41.7 Å².